The second-order valence-electron chi connectivity index (χ2n) is 6.94. The van der Waals surface area contributed by atoms with Gasteiger partial charge in [-0.25, -0.2) is 8.42 Å². The maximum Gasteiger partial charge on any atom is 0.416 e. The van der Waals surface area contributed by atoms with E-state index in [1.54, 1.807) is 37.3 Å². The molecule has 0 bridgehead atoms. The van der Waals surface area contributed by atoms with Gasteiger partial charge >= 0.3 is 6.18 Å². The zero-order valence-electron chi connectivity index (χ0n) is 17.1. The summed E-state index contributed by atoms with van der Waals surface area (Å²) in [5.41, 5.74) is 0.923. The average molecular weight is 449 g/mol. The standard InChI is InChI=1S/C23H22F3NO3S/c1-3-27(31(28,29)20-7-5-4-6-8-20)21-14-13-19(23(24,25)26)15-22(21)30-16-18-11-9-17(2)10-12-18/h4-15H,3,16H2,1-2H3. The lowest BCUT2D eigenvalue weighted by Gasteiger charge is -2.26. The molecule has 3 rings (SSSR count). The van der Waals surface area contributed by atoms with Gasteiger partial charge in [0.05, 0.1) is 16.1 Å². The minimum Gasteiger partial charge on any atom is -0.487 e. The summed E-state index contributed by atoms with van der Waals surface area (Å²) >= 11 is 0. The van der Waals surface area contributed by atoms with E-state index in [0.717, 1.165) is 33.6 Å². The Kier molecular flexibility index (Phi) is 6.59. The van der Waals surface area contributed by atoms with Crippen LogP contribution in [0.25, 0.3) is 0 Å². The maximum atomic E-state index is 13.3. The molecule has 0 spiro atoms. The number of sulfonamides is 1. The van der Waals surface area contributed by atoms with Crippen molar-refractivity contribution in [1.29, 1.82) is 0 Å². The van der Waals surface area contributed by atoms with Gasteiger partial charge in [-0.15, -0.1) is 0 Å². The summed E-state index contributed by atoms with van der Waals surface area (Å²) in [6.07, 6.45) is -4.59. The van der Waals surface area contributed by atoms with Gasteiger partial charge in [0.2, 0.25) is 0 Å². The van der Waals surface area contributed by atoms with Crippen molar-refractivity contribution in [1.82, 2.24) is 0 Å². The predicted octanol–water partition coefficient (Wildman–Crippen LogP) is 5.81. The van der Waals surface area contributed by atoms with Crippen molar-refractivity contribution in [3.63, 3.8) is 0 Å². The van der Waals surface area contributed by atoms with E-state index in [4.69, 9.17) is 4.74 Å². The molecule has 0 radical (unpaired) electrons. The first-order valence-electron chi connectivity index (χ1n) is 9.60. The first-order chi connectivity index (χ1) is 14.6. The van der Waals surface area contributed by atoms with Crippen LogP contribution in [0.5, 0.6) is 5.75 Å². The highest BCUT2D eigenvalue weighted by Crippen LogP contribution is 2.38. The molecule has 164 valence electrons. The zero-order chi connectivity index (χ0) is 22.6. The lowest BCUT2D eigenvalue weighted by Crippen LogP contribution is -2.31. The number of anilines is 1. The SMILES string of the molecule is CCN(c1ccc(C(F)(F)F)cc1OCc1ccc(C)cc1)S(=O)(=O)c1ccccc1. The number of aryl methyl sites for hydroxylation is 1. The number of ether oxygens (including phenoxy) is 1. The van der Waals surface area contributed by atoms with Crippen molar-refractivity contribution in [2.45, 2.75) is 31.5 Å². The number of alkyl halides is 3. The van der Waals surface area contributed by atoms with Crippen molar-refractivity contribution >= 4 is 15.7 Å². The quantitative estimate of drug-likeness (QED) is 0.457. The largest absolute Gasteiger partial charge is 0.487 e. The molecule has 31 heavy (non-hydrogen) atoms. The summed E-state index contributed by atoms with van der Waals surface area (Å²) in [5, 5.41) is 0. The van der Waals surface area contributed by atoms with Gasteiger partial charge in [0.15, 0.2) is 0 Å². The highest BCUT2D eigenvalue weighted by Gasteiger charge is 2.33. The third-order valence-corrected chi connectivity index (χ3v) is 6.59. The Hall–Kier alpha value is -3.00. The lowest BCUT2D eigenvalue weighted by atomic mass is 10.1. The molecule has 0 aliphatic rings. The number of halogens is 3. The summed E-state index contributed by atoms with van der Waals surface area (Å²) in [6, 6.07) is 17.9. The number of hydrogen-bond acceptors (Lipinski definition) is 3. The molecule has 0 heterocycles. The summed E-state index contributed by atoms with van der Waals surface area (Å²) < 4.78 is 73.0. The number of benzene rings is 3. The van der Waals surface area contributed by atoms with Crippen molar-refractivity contribution in [3.05, 3.63) is 89.5 Å². The van der Waals surface area contributed by atoms with E-state index in [1.807, 2.05) is 19.1 Å². The summed E-state index contributed by atoms with van der Waals surface area (Å²) in [4.78, 5) is 0.0428. The Morgan fingerprint density at radius 1 is 0.935 bits per heavy atom. The smallest absolute Gasteiger partial charge is 0.416 e. The Morgan fingerprint density at radius 3 is 2.16 bits per heavy atom. The molecule has 4 nitrogen and oxygen atoms in total. The number of rotatable bonds is 7. The topological polar surface area (TPSA) is 46.6 Å². The van der Waals surface area contributed by atoms with E-state index < -0.39 is 21.8 Å². The van der Waals surface area contributed by atoms with Crippen molar-refractivity contribution < 1.29 is 26.3 Å². The molecule has 0 saturated carbocycles. The molecule has 0 amide bonds. The minimum absolute atomic E-state index is 0.00245. The molecular weight excluding hydrogens is 427 g/mol. The van der Waals surface area contributed by atoms with E-state index in [1.165, 1.54) is 12.1 Å². The molecule has 0 aliphatic carbocycles. The Morgan fingerprint density at radius 2 is 1.58 bits per heavy atom. The Bertz CT molecular complexity index is 1130. The van der Waals surface area contributed by atoms with Crippen LogP contribution in [-0.4, -0.2) is 15.0 Å². The molecular formula is C23H22F3NO3S. The molecule has 0 fully saturated rings. The van der Waals surface area contributed by atoms with Crippen LogP contribution in [0.1, 0.15) is 23.6 Å². The lowest BCUT2D eigenvalue weighted by molar-refractivity contribution is -0.137. The highest BCUT2D eigenvalue weighted by atomic mass is 32.2. The number of hydrogen-bond donors (Lipinski definition) is 0. The molecule has 3 aromatic carbocycles. The number of nitrogens with zero attached hydrogens (tertiary/aromatic N) is 1. The monoisotopic (exact) mass is 449 g/mol. The molecule has 0 N–H and O–H groups in total. The van der Waals surface area contributed by atoms with Crippen LogP contribution in [0.15, 0.2) is 77.7 Å². The summed E-state index contributed by atoms with van der Waals surface area (Å²) in [7, 11) is -3.99. The minimum atomic E-state index is -4.59. The normalized spacial score (nSPS) is 11.9. The fourth-order valence-electron chi connectivity index (χ4n) is 3.05. The van der Waals surface area contributed by atoms with Crippen LogP contribution in [-0.2, 0) is 22.8 Å². The molecule has 0 unspecified atom stereocenters. The van der Waals surface area contributed by atoms with Gasteiger partial charge in [0, 0.05) is 6.54 Å². The van der Waals surface area contributed by atoms with Gasteiger partial charge < -0.3 is 4.74 Å². The van der Waals surface area contributed by atoms with Crippen LogP contribution in [0.3, 0.4) is 0 Å². The van der Waals surface area contributed by atoms with E-state index in [-0.39, 0.29) is 29.5 Å². The molecule has 0 atom stereocenters. The van der Waals surface area contributed by atoms with Gasteiger partial charge in [0.1, 0.15) is 12.4 Å². The van der Waals surface area contributed by atoms with Crippen LogP contribution < -0.4 is 9.04 Å². The molecule has 3 aromatic rings. The summed E-state index contributed by atoms with van der Waals surface area (Å²) in [5.74, 6) is -0.156. The molecule has 0 aliphatic heterocycles. The van der Waals surface area contributed by atoms with Gasteiger partial charge in [0.25, 0.3) is 10.0 Å². The third kappa shape index (κ3) is 5.19. The Balaban J connectivity index is 2.03. The van der Waals surface area contributed by atoms with Crippen molar-refractivity contribution in [3.8, 4) is 5.75 Å². The van der Waals surface area contributed by atoms with E-state index in [0.29, 0.717) is 0 Å². The van der Waals surface area contributed by atoms with E-state index >= 15 is 0 Å². The van der Waals surface area contributed by atoms with Gasteiger partial charge in [-0.05, 0) is 49.7 Å². The van der Waals surface area contributed by atoms with Gasteiger partial charge in [-0.2, -0.15) is 13.2 Å². The maximum absolute atomic E-state index is 13.3. The van der Waals surface area contributed by atoms with Crippen LogP contribution in [0.2, 0.25) is 0 Å². The third-order valence-electron chi connectivity index (χ3n) is 4.69. The first-order valence-corrected chi connectivity index (χ1v) is 11.0. The fraction of sp³-hybridized carbons (Fsp3) is 0.217. The van der Waals surface area contributed by atoms with Gasteiger partial charge in [-0.1, -0.05) is 48.0 Å². The zero-order valence-corrected chi connectivity index (χ0v) is 17.9. The second-order valence-corrected chi connectivity index (χ2v) is 8.80. The molecule has 0 aromatic heterocycles. The van der Waals surface area contributed by atoms with E-state index in [9.17, 15) is 21.6 Å². The Labute approximate surface area is 180 Å². The molecule has 0 saturated heterocycles. The van der Waals surface area contributed by atoms with Crippen LogP contribution in [0.4, 0.5) is 18.9 Å². The average Bonchev–Trinajstić information content (AvgIpc) is 2.74. The first kappa shape index (κ1) is 22.7. The summed E-state index contributed by atoms with van der Waals surface area (Å²) in [6.45, 7) is 3.55. The van der Waals surface area contributed by atoms with Crippen LogP contribution in [0, 0.1) is 6.92 Å². The van der Waals surface area contributed by atoms with Crippen LogP contribution >= 0.6 is 0 Å². The van der Waals surface area contributed by atoms with Crippen molar-refractivity contribution in [2.75, 3.05) is 10.8 Å². The fourth-order valence-corrected chi connectivity index (χ4v) is 4.55. The molecule has 8 heteroatoms. The highest BCUT2D eigenvalue weighted by molar-refractivity contribution is 7.92. The predicted molar refractivity (Wildman–Crippen MR) is 114 cm³/mol. The van der Waals surface area contributed by atoms with Crippen molar-refractivity contribution in [2.24, 2.45) is 0 Å². The van der Waals surface area contributed by atoms with E-state index in [2.05, 4.69) is 0 Å². The van der Waals surface area contributed by atoms with Gasteiger partial charge in [-0.3, -0.25) is 4.31 Å². The second kappa shape index (κ2) is 9.01.